The number of rotatable bonds is 6. The number of hydrogen-bond acceptors (Lipinski definition) is 4. The van der Waals surface area contributed by atoms with Gasteiger partial charge < -0.3 is 9.47 Å². The monoisotopic (exact) mass is 347 g/mol. The van der Waals surface area contributed by atoms with Crippen molar-refractivity contribution in [3.05, 3.63) is 83.7 Å². The molecule has 0 aliphatic heterocycles. The largest absolute Gasteiger partial charge is 0.487 e. The molecule has 4 heteroatoms. The summed E-state index contributed by atoms with van der Waals surface area (Å²) in [7, 11) is 1.40. The van der Waals surface area contributed by atoms with E-state index in [1.165, 1.54) is 12.7 Å². The highest BCUT2D eigenvalue weighted by Crippen LogP contribution is 2.29. The van der Waals surface area contributed by atoms with E-state index >= 15 is 0 Å². The molecule has 2 aromatic carbocycles. The second-order valence-electron chi connectivity index (χ2n) is 5.86. The van der Waals surface area contributed by atoms with Crippen LogP contribution in [-0.2, 0) is 17.8 Å². The number of ether oxygens (including phenoxy) is 2. The first-order valence-electron chi connectivity index (χ1n) is 8.55. The Balaban J connectivity index is 1.98. The van der Waals surface area contributed by atoms with Gasteiger partial charge in [0.25, 0.3) is 0 Å². The lowest BCUT2D eigenvalue weighted by molar-refractivity contribution is 0.0601. The summed E-state index contributed by atoms with van der Waals surface area (Å²) >= 11 is 0. The lowest BCUT2D eigenvalue weighted by atomic mass is 9.93. The first kappa shape index (κ1) is 17.7. The Bertz CT molecular complexity index is 891. The molecule has 0 saturated heterocycles. The van der Waals surface area contributed by atoms with Gasteiger partial charge in [-0.05, 0) is 52.9 Å². The molecule has 26 heavy (non-hydrogen) atoms. The average Bonchev–Trinajstić information content (AvgIpc) is 2.72. The SMILES string of the molecule is CCc1ccccc1-c1cc(COc2cccnc2)ccc1C(=O)OC. The van der Waals surface area contributed by atoms with E-state index in [2.05, 4.69) is 18.0 Å². The fourth-order valence-corrected chi connectivity index (χ4v) is 2.88. The van der Waals surface area contributed by atoms with E-state index in [-0.39, 0.29) is 5.97 Å². The van der Waals surface area contributed by atoms with Gasteiger partial charge >= 0.3 is 5.97 Å². The van der Waals surface area contributed by atoms with Crippen molar-refractivity contribution in [2.75, 3.05) is 7.11 Å². The van der Waals surface area contributed by atoms with Crippen LogP contribution in [0.2, 0.25) is 0 Å². The molecule has 1 aromatic heterocycles. The lowest BCUT2D eigenvalue weighted by Gasteiger charge is -2.14. The molecule has 0 radical (unpaired) electrons. The number of nitrogens with zero attached hydrogens (tertiary/aromatic N) is 1. The maximum Gasteiger partial charge on any atom is 0.338 e. The summed E-state index contributed by atoms with van der Waals surface area (Å²) < 4.78 is 10.8. The summed E-state index contributed by atoms with van der Waals surface area (Å²) in [5.74, 6) is 0.366. The molecular formula is C22H21NO3. The molecule has 0 aliphatic carbocycles. The van der Waals surface area contributed by atoms with E-state index in [1.807, 2.05) is 42.5 Å². The molecule has 0 unspecified atom stereocenters. The average molecular weight is 347 g/mol. The van der Waals surface area contributed by atoms with E-state index in [0.717, 1.165) is 23.1 Å². The van der Waals surface area contributed by atoms with Crippen molar-refractivity contribution in [3.63, 3.8) is 0 Å². The maximum absolute atomic E-state index is 12.2. The van der Waals surface area contributed by atoms with Crippen molar-refractivity contribution in [3.8, 4) is 16.9 Å². The van der Waals surface area contributed by atoms with Crippen LogP contribution in [-0.4, -0.2) is 18.1 Å². The van der Waals surface area contributed by atoms with Gasteiger partial charge in [-0.3, -0.25) is 4.98 Å². The number of benzene rings is 2. The van der Waals surface area contributed by atoms with E-state index in [9.17, 15) is 4.79 Å². The molecule has 0 bridgehead atoms. The number of methoxy groups -OCH3 is 1. The summed E-state index contributed by atoms with van der Waals surface area (Å²) in [4.78, 5) is 16.3. The minimum absolute atomic E-state index is 0.342. The lowest BCUT2D eigenvalue weighted by Crippen LogP contribution is -2.06. The van der Waals surface area contributed by atoms with E-state index in [4.69, 9.17) is 9.47 Å². The summed E-state index contributed by atoms with van der Waals surface area (Å²) in [6, 6.07) is 17.5. The minimum atomic E-state index is -0.342. The van der Waals surface area contributed by atoms with Crippen LogP contribution in [0, 0.1) is 0 Å². The topological polar surface area (TPSA) is 48.4 Å². The first-order chi connectivity index (χ1) is 12.7. The van der Waals surface area contributed by atoms with Crippen LogP contribution in [0.4, 0.5) is 0 Å². The third kappa shape index (κ3) is 3.91. The van der Waals surface area contributed by atoms with Gasteiger partial charge in [0.15, 0.2) is 0 Å². The number of hydrogen-bond donors (Lipinski definition) is 0. The fourth-order valence-electron chi connectivity index (χ4n) is 2.88. The first-order valence-corrected chi connectivity index (χ1v) is 8.55. The molecule has 0 aliphatic rings. The number of carbonyl (C=O) groups excluding carboxylic acids is 1. The van der Waals surface area contributed by atoms with Crippen LogP contribution in [0.5, 0.6) is 5.75 Å². The van der Waals surface area contributed by atoms with Gasteiger partial charge in [0.1, 0.15) is 12.4 Å². The van der Waals surface area contributed by atoms with Crippen LogP contribution >= 0.6 is 0 Å². The molecule has 0 N–H and O–H groups in total. The van der Waals surface area contributed by atoms with Crippen LogP contribution in [0.25, 0.3) is 11.1 Å². The van der Waals surface area contributed by atoms with Gasteiger partial charge in [-0.15, -0.1) is 0 Å². The molecule has 0 fully saturated rings. The van der Waals surface area contributed by atoms with Gasteiger partial charge in [0.2, 0.25) is 0 Å². The number of esters is 1. The third-order valence-corrected chi connectivity index (χ3v) is 4.22. The number of pyridine rings is 1. The van der Waals surface area contributed by atoms with Crippen molar-refractivity contribution in [2.45, 2.75) is 20.0 Å². The van der Waals surface area contributed by atoms with Crippen molar-refractivity contribution in [1.29, 1.82) is 0 Å². The zero-order valence-electron chi connectivity index (χ0n) is 14.9. The Kier molecular flexibility index (Phi) is 5.64. The molecule has 1 heterocycles. The van der Waals surface area contributed by atoms with Crippen molar-refractivity contribution in [1.82, 2.24) is 4.98 Å². The Morgan fingerprint density at radius 3 is 2.62 bits per heavy atom. The van der Waals surface area contributed by atoms with Crippen LogP contribution in [0.1, 0.15) is 28.4 Å². The Labute approximate surface area is 153 Å². The zero-order chi connectivity index (χ0) is 18.4. The zero-order valence-corrected chi connectivity index (χ0v) is 14.9. The molecule has 0 spiro atoms. The van der Waals surface area contributed by atoms with Gasteiger partial charge in [-0.2, -0.15) is 0 Å². The van der Waals surface area contributed by atoms with Gasteiger partial charge in [-0.1, -0.05) is 37.3 Å². The highest BCUT2D eigenvalue weighted by atomic mass is 16.5. The standard InChI is InChI=1S/C22H21NO3/c1-3-17-7-4-5-9-19(17)21-13-16(10-11-20(21)22(24)25-2)15-26-18-8-6-12-23-14-18/h4-14H,3,15H2,1-2H3. The molecular weight excluding hydrogens is 326 g/mol. The molecule has 0 saturated carbocycles. The molecule has 4 nitrogen and oxygen atoms in total. The van der Waals surface area contributed by atoms with Crippen molar-refractivity contribution in [2.24, 2.45) is 0 Å². The molecule has 3 aromatic rings. The summed E-state index contributed by atoms with van der Waals surface area (Å²) in [5, 5.41) is 0. The Morgan fingerprint density at radius 1 is 1.04 bits per heavy atom. The second-order valence-corrected chi connectivity index (χ2v) is 5.86. The summed E-state index contributed by atoms with van der Waals surface area (Å²) in [6.45, 7) is 2.50. The van der Waals surface area contributed by atoms with Crippen LogP contribution in [0.15, 0.2) is 67.0 Å². The predicted molar refractivity (Wildman–Crippen MR) is 101 cm³/mol. The number of aromatic nitrogens is 1. The fraction of sp³-hybridized carbons (Fsp3) is 0.182. The maximum atomic E-state index is 12.2. The van der Waals surface area contributed by atoms with E-state index in [0.29, 0.717) is 17.9 Å². The van der Waals surface area contributed by atoms with E-state index in [1.54, 1.807) is 18.5 Å². The van der Waals surface area contributed by atoms with Gasteiger partial charge in [-0.25, -0.2) is 4.79 Å². The highest BCUT2D eigenvalue weighted by Gasteiger charge is 2.16. The van der Waals surface area contributed by atoms with Crippen molar-refractivity contribution >= 4 is 5.97 Å². The Morgan fingerprint density at radius 2 is 1.88 bits per heavy atom. The normalized spacial score (nSPS) is 10.4. The number of carbonyl (C=O) groups is 1. The van der Waals surface area contributed by atoms with Crippen LogP contribution in [0.3, 0.4) is 0 Å². The third-order valence-electron chi connectivity index (χ3n) is 4.22. The number of aryl methyl sites for hydroxylation is 1. The smallest absolute Gasteiger partial charge is 0.338 e. The molecule has 132 valence electrons. The van der Waals surface area contributed by atoms with Crippen LogP contribution < -0.4 is 4.74 Å². The van der Waals surface area contributed by atoms with E-state index < -0.39 is 0 Å². The molecule has 0 atom stereocenters. The quantitative estimate of drug-likeness (QED) is 0.608. The van der Waals surface area contributed by atoms with Crippen molar-refractivity contribution < 1.29 is 14.3 Å². The molecule has 0 amide bonds. The second kappa shape index (κ2) is 8.30. The van der Waals surface area contributed by atoms with Gasteiger partial charge in [0, 0.05) is 6.20 Å². The van der Waals surface area contributed by atoms with Gasteiger partial charge in [0.05, 0.1) is 18.9 Å². The minimum Gasteiger partial charge on any atom is -0.487 e. The summed E-state index contributed by atoms with van der Waals surface area (Å²) in [5.41, 5.74) is 4.61. The highest BCUT2D eigenvalue weighted by molar-refractivity contribution is 5.97. The molecule has 3 rings (SSSR count). The summed E-state index contributed by atoms with van der Waals surface area (Å²) in [6.07, 6.45) is 4.26. The Hall–Kier alpha value is -3.14. The predicted octanol–water partition coefficient (Wildman–Crippen LogP) is 4.68.